The van der Waals surface area contributed by atoms with Gasteiger partial charge in [0.1, 0.15) is 19.0 Å². The van der Waals surface area contributed by atoms with E-state index in [1.54, 1.807) is 25.3 Å². The number of nitrogens with one attached hydrogen (secondary N) is 2. The van der Waals surface area contributed by atoms with Crippen molar-refractivity contribution in [2.75, 3.05) is 25.6 Å². The molecule has 1 aliphatic rings. The van der Waals surface area contributed by atoms with Crippen LogP contribution in [0.15, 0.2) is 42.5 Å². The van der Waals surface area contributed by atoms with Crippen LogP contribution in [0.2, 0.25) is 0 Å². The average Bonchev–Trinajstić information content (AvgIpc) is 2.66. The first-order valence-corrected chi connectivity index (χ1v) is 8.22. The van der Waals surface area contributed by atoms with Gasteiger partial charge in [-0.25, -0.2) is 0 Å². The van der Waals surface area contributed by atoms with Gasteiger partial charge in [0, 0.05) is 18.3 Å². The Balaban J connectivity index is 1.55. The van der Waals surface area contributed by atoms with Crippen molar-refractivity contribution in [3.05, 3.63) is 48.0 Å². The summed E-state index contributed by atoms with van der Waals surface area (Å²) < 4.78 is 16.2. The van der Waals surface area contributed by atoms with Crippen molar-refractivity contribution in [1.82, 2.24) is 5.32 Å². The number of hydrogen-bond donors (Lipinski definition) is 2. The zero-order valence-corrected chi connectivity index (χ0v) is 14.4. The zero-order chi connectivity index (χ0) is 17.6. The Hall–Kier alpha value is -2.73. The van der Waals surface area contributed by atoms with Crippen molar-refractivity contribution in [3.63, 3.8) is 0 Å². The van der Waals surface area contributed by atoms with Gasteiger partial charge in [-0.3, -0.25) is 4.79 Å². The number of amides is 1. The van der Waals surface area contributed by atoms with E-state index in [1.807, 2.05) is 31.2 Å². The molecule has 1 amide bonds. The number of rotatable bonds is 6. The third-order valence-electron chi connectivity index (χ3n) is 3.95. The van der Waals surface area contributed by atoms with Crippen LogP contribution in [0.1, 0.15) is 12.5 Å². The lowest BCUT2D eigenvalue weighted by Crippen LogP contribution is -2.37. The first-order valence-electron chi connectivity index (χ1n) is 8.22. The Morgan fingerprint density at radius 2 is 1.96 bits per heavy atom. The molecule has 0 aliphatic carbocycles. The summed E-state index contributed by atoms with van der Waals surface area (Å²) in [5.74, 6) is 2.04. The summed E-state index contributed by atoms with van der Waals surface area (Å²) in [6, 6.07) is 12.8. The summed E-state index contributed by atoms with van der Waals surface area (Å²) in [5.41, 5.74) is 1.74. The topological polar surface area (TPSA) is 68.8 Å². The van der Waals surface area contributed by atoms with Crippen molar-refractivity contribution in [2.45, 2.75) is 19.5 Å². The van der Waals surface area contributed by atoms with Gasteiger partial charge in [0.2, 0.25) is 5.91 Å². The molecular formula is C19H22N2O4. The van der Waals surface area contributed by atoms with Crippen LogP contribution >= 0.6 is 0 Å². The molecule has 0 bridgehead atoms. The molecule has 0 saturated carbocycles. The quantitative estimate of drug-likeness (QED) is 0.844. The summed E-state index contributed by atoms with van der Waals surface area (Å²) in [5, 5.41) is 6.10. The molecule has 3 rings (SSSR count). The van der Waals surface area contributed by atoms with Gasteiger partial charge in [-0.1, -0.05) is 12.1 Å². The maximum atomic E-state index is 12.4. The van der Waals surface area contributed by atoms with Crippen molar-refractivity contribution in [3.8, 4) is 17.2 Å². The Labute approximate surface area is 147 Å². The fraction of sp³-hybridized carbons (Fsp3) is 0.316. The van der Waals surface area contributed by atoms with Gasteiger partial charge in [-0.2, -0.15) is 0 Å². The van der Waals surface area contributed by atoms with E-state index in [0.717, 1.165) is 11.3 Å². The molecule has 2 aromatic rings. The van der Waals surface area contributed by atoms with Crippen LogP contribution < -0.4 is 24.8 Å². The molecule has 0 spiro atoms. The highest BCUT2D eigenvalue weighted by Crippen LogP contribution is 2.32. The Morgan fingerprint density at radius 3 is 2.76 bits per heavy atom. The lowest BCUT2D eigenvalue weighted by atomic mass is 10.2. The predicted octanol–water partition coefficient (Wildman–Crippen LogP) is 2.58. The van der Waals surface area contributed by atoms with Crippen molar-refractivity contribution in [2.24, 2.45) is 0 Å². The van der Waals surface area contributed by atoms with Gasteiger partial charge in [-0.15, -0.1) is 0 Å². The molecular weight excluding hydrogens is 320 g/mol. The summed E-state index contributed by atoms with van der Waals surface area (Å²) >= 11 is 0. The molecule has 0 saturated heterocycles. The molecule has 0 aromatic heterocycles. The number of anilines is 1. The predicted molar refractivity (Wildman–Crippen MR) is 95.4 cm³/mol. The zero-order valence-electron chi connectivity index (χ0n) is 14.4. The molecule has 2 N–H and O–H groups in total. The Kier molecular flexibility index (Phi) is 5.40. The van der Waals surface area contributed by atoms with Crippen molar-refractivity contribution in [1.29, 1.82) is 0 Å². The van der Waals surface area contributed by atoms with Gasteiger partial charge in [0.15, 0.2) is 11.5 Å². The van der Waals surface area contributed by atoms with Gasteiger partial charge in [0.05, 0.1) is 13.2 Å². The highest BCUT2D eigenvalue weighted by molar-refractivity contribution is 5.94. The SMILES string of the molecule is COc1cccc(CN[C@@H](C)C(=O)Nc2ccc3c(c2)OCCO3)c1. The third kappa shape index (κ3) is 4.42. The van der Waals surface area contributed by atoms with E-state index in [2.05, 4.69) is 10.6 Å². The summed E-state index contributed by atoms with van der Waals surface area (Å²) in [6.45, 7) is 3.47. The first kappa shape index (κ1) is 17.1. The fourth-order valence-electron chi connectivity index (χ4n) is 2.52. The van der Waals surface area contributed by atoms with Crippen LogP contribution in [0, 0.1) is 0 Å². The Morgan fingerprint density at radius 1 is 1.16 bits per heavy atom. The average molecular weight is 342 g/mol. The van der Waals surface area contributed by atoms with Crippen molar-refractivity contribution >= 4 is 11.6 Å². The molecule has 2 aromatic carbocycles. The molecule has 1 aliphatic heterocycles. The largest absolute Gasteiger partial charge is 0.497 e. The normalized spacial score (nSPS) is 13.8. The van der Waals surface area contributed by atoms with E-state index in [1.165, 1.54) is 0 Å². The van der Waals surface area contributed by atoms with Crippen LogP contribution in [-0.2, 0) is 11.3 Å². The standard InChI is InChI=1S/C19H22N2O4/c1-13(20-12-14-4-3-5-16(10-14)23-2)19(22)21-15-6-7-17-18(11-15)25-9-8-24-17/h3-7,10-11,13,20H,8-9,12H2,1-2H3,(H,21,22)/t13-/m0/s1. The number of ether oxygens (including phenoxy) is 3. The smallest absolute Gasteiger partial charge is 0.241 e. The first-order chi connectivity index (χ1) is 12.2. The second-order valence-corrected chi connectivity index (χ2v) is 5.80. The molecule has 1 atom stereocenters. The van der Waals surface area contributed by atoms with E-state index in [4.69, 9.17) is 14.2 Å². The minimum absolute atomic E-state index is 0.112. The lowest BCUT2D eigenvalue weighted by molar-refractivity contribution is -0.117. The minimum atomic E-state index is -0.348. The van der Waals surface area contributed by atoms with Gasteiger partial charge >= 0.3 is 0 Å². The number of fused-ring (bicyclic) bond motifs is 1. The van der Waals surface area contributed by atoms with E-state index in [-0.39, 0.29) is 11.9 Å². The number of carbonyl (C=O) groups is 1. The third-order valence-corrected chi connectivity index (χ3v) is 3.95. The number of methoxy groups -OCH3 is 1. The van der Waals surface area contributed by atoms with E-state index in [0.29, 0.717) is 36.9 Å². The maximum absolute atomic E-state index is 12.4. The molecule has 0 radical (unpaired) electrons. The summed E-state index contributed by atoms with van der Waals surface area (Å²) in [4.78, 5) is 12.4. The number of hydrogen-bond acceptors (Lipinski definition) is 5. The number of benzene rings is 2. The molecule has 6 heteroatoms. The van der Waals surface area contributed by atoms with Crippen LogP contribution in [0.25, 0.3) is 0 Å². The minimum Gasteiger partial charge on any atom is -0.497 e. The summed E-state index contributed by atoms with van der Waals surface area (Å²) in [6.07, 6.45) is 0. The van der Waals surface area contributed by atoms with Gasteiger partial charge in [0.25, 0.3) is 0 Å². The molecule has 25 heavy (non-hydrogen) atoms. The molecule has 1 heterocycles. The monoisotopic (exact) mass is 342 g/mol. The van der Waals surface area contributed by atoms with Crippen LogP contribution in [0.5, 0.6) is 17.2 Å². The summed E-state index contributed by atoms with van der Waals surface area (Å²) in [7, 11) is 1.63. The molecule has 132 valence electrons. The van der Waals surface area contributed by atoms with Crippen LogP contribution in [-0.4, -0.2) is 32.3 Å². The second-order valence-electron chi connectivity index (χ2n) is 5.80. The molecule has 6 nitrogen and oxygen atoms in total. The van der Waals surface area contributed by atoms with E-state index in [9.17, 15) is 4.79 Å². The second kappa shape index (κ2) is 7.90. The van der Waals surface area contributed by atoms with E-state index < -0.39 is 0 Å². The molecule has 0 unspecified atom stereocenters. The van der Waals surface area contributed by atoms with Crippen LogP contribution in [0.3, 0.4) is 0 Å². The maximum Gasteiger partial charge on any atom is 0.241 e. The fourth-order valence-corrected chi connectivity index (χ4v) is 2.52. The highest BCUT2D eigenvalue weighted by atomic mass is 16.6. The highest BCUT2D eigenvalue weighted by Gasteiger charge is 2.15. The van der Waals surface area contributed by atoms with E-state index >= 15 is 0 Å². The number of carbonyl (C=O) groups excluding carboxylic acids is 1. The van der Waals surface area contributed by atoms with Gasteiger partial charge in [-0.05, 0) is 36.8 Å². The van der Waals surface area contributed by atoms with Crippen LogP contribution in [0.4, 0.5) is 5.69 Å². The lowest BCUT2D eigenvalue weighted by Gasteiger charge is -2.19. The Bertz CT molecular complexity index is 748. The van der Waals surface area contributed by atoms with Gasteiger partial charge < -0.3 is 24.8 Å². The van der Waals surface area contributed by atoms with Crippen molar-refractivity contribution < 1.29 is 19.0 Å². The molecule has 0 fully saturated rings.